The number of amides is 1. The average Bonchev–Trinajstić information content (AvgIpc) is 2.86. The first-order valence-corrected chi connectivity index (χ1v) is 6.73. The van der Waals surface area contributed by atoms with Crippen molar-refractivity contribution >= 4 is 22.4 Å². The second-order valence-electron chi connectivity index (χ2n) is 4.11. The highest BCUT2D eigenvalue weighted by molar-refractivity contribution is 7.13. The lowest BCUT2D eigenvalue weighted by Crippen LogP contribution is -2.39. The topological polar surface area (TPSA) is 88.2 Å². The summed E-state index contributed by atoms with van der Waals surface area (Å²) in [4.78, 5) is 15.8. The van der Waals surface area contributed by atoms with Gasteiger partial charge in [-0.3, -0.25) is 4.79 Å². The summed E-state index contributed by atoms with van der Waals surface area (Å²) >= 11 is 1.21. The number of nitrogens with zero attached hydrogens (tertiary/aromatic N) is 1. The molecular formula is C13H15N3O2S. The summed E-state index contributed by atoms with van der Waals surface area (Å²) in [6, 6.07) is 9.34. The van der Waals surface area contributed by atoms with Crippen LogP contribution in [0.15, 0.2) is 35.7 Å². The Kier molecular flexibility index (Phi) is 4.48. The fourth-order valence-electron chi connectivity index (χ4n) is 1.71. The molecule has 5 nitrogen and oxygen atoms in total. The van der Waals surface area contributed by atoms with Crippen molar-refractivity contribution in [3.8, 4) is 0 Å². The number of hydrogen-bond donors (Lipinski definition) is 3. The number of carbonyl (C=O) groups is 1. The van der Waals surface area contributed by atoms with Gasteiger partial charge in [-0.25, -0.2) is 4.98 Å². The Morgan fingerprint density at radius 2 is 2.16 bits per heavy atom. The molecule has 0 aliphatic heterocycles. The third kappa shape index (κ3) is 3.77. The molecule has 0 bridgehead atoms. The first-order valence-electron chi connectivity index (χ1n) is 5.85. The molecule has 0 saturated carbocycles. The van der Waals surface area contributed by atoms with Gasteiger partial charge in [-0.15, -0.1) is 11.3 Å². The smallest absolute Gasteiger partial charge is 0.271 e. The third-order valence-electron chi connectivity index (χ3n) is 2.64. The van der Waals surface area contributed by atoms with Crippen LogP contribution < -0.4 is 11.1 Å². The molecule has 1 atom stereocenters. The molecule has 1 heterocycles. The Balaban J connectivity index is 1.97. The van der Waals surface area contributed by atoms with Crippen LogP contribution in [0.1, 0.15) is 16.1 Å². The zero-order valence-corrected chi connectivity index (χ0v) is 11.1. The fraction of sp³-hybridized carbons (Fsp3) is 0.231. The molecule has 0 spiro atoms. The predicted octanol–water partition coefficient (Wildman–Crippen LogP) is 1.06. The molecule has 2 rings (SSSR count). The number of rotatable bonds is 5. The number of hydrogen-bond acceptors (Lipinski definition) is 5. The number of nitrogen functional groups attached to an aromatic ring is 1. The maximum absolute atomic E-state index is 11.9. The average molecular weight is 277 g/mol. The van der Waals surface area contributed by atoms with Gasteiger partial charge in [0, 0.05) is 5.38 Å². The molecule has 0 aliphatic rings. The van der Waals surface area contributed by atoms with Gasteiger partial charge in [-0.1, -0.05) is 30.3 Å². The summed E-state index contributed by atoms with van der Waals surface area (Å²) in [5.41, 5.74) is 6.82. The van der Waals surface area contributed by atoms with Crippen LogP contribution >= 0.6 is 11.3 Å². The summed E-state index contributed by atoms with van der Waals surface area (Å²) in [6.45, 7) is -0.125. The van der Waals surface area contributed by atoms with Crippen LogP contribution in [0.2, 0.25) is 0 Å². The van der Waals surface area contributed by atoms with Gasteiger partial charge in [0.05, 0.1) is 12.6 Å². The third-order valence-corrected chi connectivity index (χ3v) is 3.31. The van der Waals surface area contributed by atoms with Gasteiger partial charge in [-0.2, -0.15) is 0 Å². The molecule has 100 valence electrons. The van der Waals surface area contributed by atoms with Gasteiger partial charge in [-0.05, 0) is 12.0 Å². The number of nitrogens with two attached hydrogens (primary N) is 1. The maximum Gasteiger partial charge on any atom is 0.271 e. The Bertz CT molecular complexity index is 542. The number of nitrogens with one attached hydrogen (secondary N) is 1. The normalized spacial score (nSPS) is 12.1. The number of carbonyl (C=O) groups excluding carboxylic acids is 1. The molecule has 19 heavy (non-hydrogen) atoms. The van der Waals surface area contributed by atoms with Crippen molar-refractivity contribution < 1.29 is 9.90 Å². The van der Waals surface area contributed by atoms with Crippen molar-refractivity contribution in [3.05, 3.63) is 47.0 Å². The number of anilines is 1. The maximum atomic E-state index is 11.9. The first-order chi connectivity index (χ1) is 9.19. The van der Waals surface area contributed by atoms with Crippen LogP contribution in [0.25, 0.3) is 0 Å². The Labute approximate surface area is 115 Å². The molecule has 0 unspecified atom stereocenters. The van der Waals surface area contributed by atoms with Crippen molar-refractivity contribution in [1.82, 2.24) is 10.3 Å². The molecule has 0 fully saturated rings. The highest BCUT2D eigenvalue weighted by atomic mass is 32.1. The van der Waals surface area contributed by atoms with Gasteiger partial charge >= 0.3 is 0 Å². The number of benzene rings is 1. The van der Waals surface area contributed by atoms with Crippen LogP contribution in [0.3, 0.4) is 0 Å². The SMILES string of the molecule is Nc1nc(C(=O)N[C@@H](CO)Cc2ccccc2)cs1. The summed E-state index contributed by atoms with van der Waals surface area (Å²) in [6.07, 6.45) is 0.572. The summed E-state index contributed by atoms with van der Waals surface area (Å²) in [5.74, 6) is -0.317. The van der Waals surface area contributed by atoms with Crippen LogP contribution in [0, 0.1) is 0 Å². The minimum Gasteiger partial charge on any atom is -0.394 e. The lowest BCUT2D eigenvalue weighted by atomic mass is 10.1. The van der Waals surface area contributed by atoms with Gasteiger partial charge in [0.2, 0.25) is 0 Å². The molecule has 0 radical (unpaired) electrons. The molecule has 2 aromatic rings. The van der Waals surface area contributed by atoms with E-state index in [1.54, 1.807) is 5.38 Å². The van der Waals surface area contributed by atoms with Gasteiger partial charge in [0.25, 0.3) is 5.91 Å². The minimum absolute atomic E-state index is 0.125. The van der Waals surface area contributed by atoms with E-state index in [0.717, 1.165) is 5.56 Å². The monoisotopic (exact) mass is 277 g/mol. The van der Waals surface area contributed by atoms with Crippen molar-refractivity contribution in [2.45, 2.75) is 12.5 Å². The summed E-state index contributed by atoms with van der Waals surface area (Å²) in [5, 5.41) is 14.0. The summed E-state index contributed by atoms with van der Waals surface area (Å²) < 4.78 is 0. The standard InChI is InChI=1S/C13H15N3O2S/c14-13-16-11(8-19-13)12(18)15-10(7-17)6-9-4-2-1-3-5-9/h1-5,8,10,17H,6-7H2,(H2,14,16)(H,15,18)/t10-/m1/s1. The Hall–Kier alpha value is -1.92. The second kappa shape index (κ2) is 6.31. The van der Waals surface area contributed by atoms with Gasteiger partial charge in [0.1, 0.15) is 5.69 Å². The largest absolute Gasteiger partial charge is 0.394 e. The first kappa shape index (κ1) is 13.5. The molecule has 4 N–H and O–H groups in total. The van der Waals surface area contributed by atoms with Gasteiger partial charge in [0.15, 0.2) is 5.13 Å². The zero-order valence-electron chi connectivity index (χ0n) is 10.2. The van der Waals surface area contributed by atoms with Crippen molar-refractivity contribution in [2.75, 3.05) is 12.3 Å². The zero-order chi connectivity index (χ0) is 13.7. The van der Waals surface area contributed by atoms with Crippen molar-refractivity contribution in [3.63, 3.8) is 0 Å². The van der Waals surface area contributed by atoms with Crippen molar-refractivity contribution in [2.24, 2.45) is 0 Å². The van der Waals surface area contributed by atoms with Crippen LogP contribution in [-0.4, -0.2) is 28.6 Å². The lowest BCUT2D eigenvalue weighted by Gasteiger charge is -2.15. The molecule has 1 amide bonds. The van der Waals surface area contributed by atoms with E-state index in [-0.39, 0.29) is 24.2 Å². The second-order valence-corrected chi connectivity index (χ2v) is 5.00. The highest BCUT2D eigenvalue weighted by Gasteiger charge is 2.15. The molecular weight excluding hydrogens is 262 g/mol. The van der Waals surface area contributed by atoms with E-state index in [0.29, 0.717) is 11.6 Å². The summed E-state index contributed by atoms with van der Waals surface area (Å²) in [7, 11) is 0. The predicted molar refractivity (Wildman–Crippen MR) is 75.0 cm³/mol. The number of aromatic nitrogens is 1. The number of aliphatic hydroxyl groups excluding tert-OH is 1. The Morgan fingerprint density at radius 3 is 2.74 bits per heavy atom. The lowest BCUT2D eigenvalue weighted by molar-refractivity contribution is 0.0912. The van der Waals surface area contributed by atoms with E-state index in [1.165, 1.54) is 11.3 Å². The molecule has 6 heteroatoms. The van der Waals surface area contributed by atoms with E-state index in [2.05, 4.69) is 10.3 Å². The fourth-order valence-corrected chi connectivity index (χ4v) is 2.25. The van der Waals surface area contributed by atoms with E-state index >= 15 is 0 Å². The van der Waals surface area contributed by atoms with E-state index in [1.807, 2.05) is 30.3 Å². The van der Waals surface area contributed by atoms with Crippen LogP contribution in [-0.2, 0) is 6.42 Å². The van der Waals surface area contributed by atoms with Crippen molar-refractivity contribution in [1.29, 1.82) is 0 Å². The molecule has 1 aromatic carbocycles. The van der Waals surface area contributed by atoms with Crippen LogP contribution in [0.5, 0.6) is 0 Å². The van der Waals surface area contributed by atoms with Gasteiger partial charge < -0.3 is 16.2 Å². The quantitative estimate of drug-likeness (QED) is 0.762. The highest BCUT2D eigenvalue weighted by Crippen LogP contribution is 2.11. The number of aliphatic hydroxyl groups is 1. The van der Waals surface area contributed by atoms with E-state index in [9.17, 15) is 9.90 Å². The minimum atomic E-state index is -0.335. The molecule has 0 saturated heterocycles. The Morgan fingerprint density at radius 1 is 1.42 bits per heavy atom. The van der Waals surface area contributed by atoms with E-state index in [4.69, 9.17) is 5.73 Å². The number of thiazole rings is 1. The van der Waals surface area contributed by atoms with E-state index < -0.39 is 0 Å². The molecule has 0 aliphatic carbocycles. The van der Waals surface area contributed by atoms with Crippen LogP contribution in [0.4, 0.5) is 5.13 Å². The molecule has 1 aromatic heterocycles.